The van der Waals surface area contributed by atoms with Gasteiger partial charge in [0.05, 0.1) is 10.6 Å². The van der Waals surface area contributed by atoms with Crippen LogP contribution in [-0.4, -0.2) is 15.7 Å². The van der Waals surface area contributed by atoms with Gasteiger partial charge in [-0.2, -0.15) is 5.10 Å². The summed E-state index contributed by atoms with van der Waals surface area (Å²) in [5, 5.41) is 9.49. The van der Waals surface area contributed by atoms with Gasteiger partial charge in [-0.15, -0.1) is 11.3 Å². The molecule has 140 valence electrons. The average molecular weight is 391 g/mol. The zero-order valence-corrected chi connectivity index (χ0v) is 16.3. The Morgan fingerprint density at radius 3 is 2.54 bits per heavy atom. The number of nitrogens with one attached hydrogen (secondary N) is 1. The van der Waals surface area contributed by atoms with Gasteiger partial charge in [-0.3, -0.25) is 4.79 Å². The number of hydrogen-bond acceptors (Lipinski definition) is 3. The summed E-state index contributed by atoms with van der Waals surface area (Å²) in [4.78, 5) is 14.0. The zero-order chi connectivity index (χ0) is 19.7. The molecule has 4 nitrogen and oxygen atoms in total. The summed E-state index contributed by atoms with van der Waals surface area (Å²) in [5.74, 6) is -0.653. The summed E-state index contributed by atoms with van der Waals surface area (Å²) in [5.41, 5.74) is 4.69. The molecule has 0 spiro atoms. The molecule has 0 saturated heterocycles. The second-order valence-electron chi connectivity index (χ2n) is 6.55. The van der Waals surface area contributed by atoms with Gasteiger partial charge in [-0.05, 0) is 67.3 Å². The SMILES string of the molecule is Cc1ccc(-n2nc(-c3cccs3)cc2C(=O)Nc2ccc(F)cc2)c(C)c1. The first kappa shape index (κ1) is 18.1. The first-order chi connectivity index (χ1) is 13.5. The number of aryl methyl sites for hydroxylation is 2. The third-order valence-corrected chi connectivity index (χ3v) is 5.29. The van der Waals surface area contributed by atoms with E-state index < -0.39 is 0 Å². The van der Waals surface area contributed by atoms with Crippen molar-refractivity contribution in [3.8, 4) is 16.3 Å². The number of carbonyl (C=O) groups is 1. The highest BCUT2D eigenvalue weighted by Gasteiger charge is 2.19. The molecule has 0 radical (unpaired) electrons. The molecule has 0 aliphatic heterocycles. The number of benzene rings is 2. The number of halogens is 1. The summed E-state index contributed by atoms with van der Waals surface area (Å²) in [6, 6.07) is 17.4. The molecule has 0 aliphatic carbocycles. The van der Waals surface area contributed by atoms with Crippen molar-refractivity contribution in [2.45, 2.75) is 13.8 Å². The highest BCUT2D eigenvalue weighted by molar-refractivity contribution is 7.13. The number of anilines is 1. The number of aromatic nitrogens is 2. The number of nitrogens with zero attached hydrogens (tertiary/aromatic N) is 2. The van der Waals surface area contributed by atoms with E-state index in [2.05, 4.69) is 11.4 Å². The molecule has 4 aromatic rings. The van der Waals surface area contributed by atoms with Crippen LogP contribution in [0.4, 0.5) is 10.1 Å². The predicted molar refractivity (Wildman–Crippen MR) is 111 cm³/mol. The molecule has 0 unspecified atom stereocenters. The lowest BCUT2D eigenvalue weighted by Gasteiger charge is -2.11. The molecule has 6 heteroatoms. The molecule has 0 saturated carbocycles. The minimum atomic E-state index is -0.349. The van der Waals surface area contributed by atoms with Crippen molar-refractivity contribution in [2.75, 3.05) is 5.32 Å². The summed E-state index contributed by atoms with van der Waals surface area (Å²) >= 11 is 1.57. The van der Waals surface area contributed by atoms with Crippen LogP contribution in [0.5, 0.6) is 0 Å². The molecule has 0 atom stereocenters. The largest absolute Gasteiger partial charge is 0.321 e. The van der Waals surface area contributed by atoms with Crippen LogP contribution < -0.4 is 5.32 Å². The lowest BCUT2D eigenvalue weighted by atomic mass is 10.1. The minimum absolute atomic E-state index is 0.304. The van der Waals surface area contributed by atoms with Gasteiger partial charge in [0.1, 0.15) is 17.2 Å². The Labute approximate surface area is 166 Å². The lowest BCUT2D eigenvalue weighted by Crippen LogP contribution is -2.17. The summed E-state index contributed by atoms with van der Waals surface area (Å²) in [6.07, 6.45) is 0. The molecular weight excluding hydrogens is 373 g/mol. The van der Waals surface area contributed by atoms with E-state index in [9.17, 15) is 9.18 Å². The predicted octanol–water partition coefficient (Wildman–Crippen LogP) is 5.61. The van der Waals surface area contributed by atoms with Crippen molar-refractivity contribution >= 4 is 22.9 Å². The van der Waals surface area contributed by atoms with Gasteiger partial charge < -0.3 is 5.32 Å². The van der Waals surface area contributed by atoms with E-state index in [1.807, 2.05) is 43.5 Å². The topological polar surface area (TPSA) is 46.9 Å². The second kappa shape index (κ2) is 7.40. The van der Waals surface area contributed by atoms with Crippen molar-refractivity contribution < 1.29 is 9.18 Å². The van der Waals surface area contributed by atoms with Crippen molar-refractivity contribution in [3.63, 3.8) is 0 Å². The van der Waals surface area contributed by atoms with E-state index >= 15 is 0 Å². The van der Waals surface area contributed by atoms with Gasteiger partial charge in [0.25, 0.3) is 5.91 Å². The molecule has 28 heavy (non-hydrogen) atoms. The van der Waals surface area contributed by atoms with Crippen LogP contribution in [-0.2, 0) is 0 Å². The van der Waals surface area contributed by atoms with E-state index in [-0.39, 0.29) is 11.7 Å². The molecule has 1 amide bonds. The highest BCUT2D eigenvalue weighted by Crippen LogP contribution is 2.27. The van der Waals surface area contributed by atoms with Crippen molar-refractivity contribution in [1.82, 2.24) is 9.78 Å². The van der Waals surface area contributed by atoms with E-state index in [1.165, 1.54) is 24.3 Å². The van der Waals surface area contributed by atoms with Gasteiger partial charge in [0.15, 0.2) is 0 Å². The van der Waals surface area contributed by atoms with Gasteiger partial charge in [-0.25, -0.2) is 9.07 Å². The quantitative estimate of drug-likeness (QED) is 0.492. The van der Waals surface area contributed by atoms with Gasteiger partial charge in [0, 0.05) is 5.69 Å². The second-order valence-corrected chi connectivity index (χ2v) is 7.50. The smallest absolute Gasteiger partial charge is 0.274 e. The van der Waals surface area contributed by atoms with Crippen LogP contribution in [0.25, 0.3) is 16.3 Å². The third kappa shape index (κ3) is 3.59. The van der Waals surface area contributed by atoms with Gasteiger partial charge >= 0.3 is 0 Å². The molecule has 0 fully saturated rings. The number of thiophene rings is 1. The normalized spacial score (nSPS) is 10.8. The maximum absolute atomic E-state index is 13.1. The maximum Gasteiger partial charge on any atom is 0.274 e. The van der Waals surface area contributed by atoms with E-state index in [1.54, 1.807) is 22.1 Å². The zero-order valence-electron chi connectivity index (χ0n) is 15.4. The Kier molecular flexibility index (Phi) is 4.79. The first-order valence-electron chi connectivity index (χ1n) is 8.80. The van der Waals surface area contributed by atoms with Crippen LogP contribution in [0, 0.1) is 19.7 Å². The Morgan fingerprint density at radius 1 is 1.07 bits per heavy atom. The lowest BCUT2D eigenvalue weighted by molar-refractivity contribution is 0.101. The fourth-order valence-electron chi connectivity index (χ4n) is 3.04. The summed E-state index contributed by atoms with van der Waals surface area (Å²) in [7, 11) is 0. The van der Waals surface area contributed by atoms with Crippen molar-refractivity contribution in [2.24, 2.45) is 0 Å². The Morgan fingerprint density at radius 2 is 1.86 bits per heavy atom. The van der Waals surface area contributed by atoms with Crippen molar-refractivity contribution in [1.29, 1.82) is 0 Å². The first-order valence-corrected chi connectivity index (χ1v) is 9.68. The molecule has 2 heterocycles. The third-order valence-electron chi connectivity index (χ3n) is 4.40. The number of carbonyl (C=O) groups excluding carboxylic acids is 1. The molecule has 2 aromatic heterocycles. The van der Waals surface area contributed by atoms with E-state index in [0.29, 0.717) is 11.4 Å². The number of hydrogen-bond donors (Lipinski definition) is 1. The van der Waals surface area contributed by atoms with Crippen LogP contribution in [0.2, 0.25) is 0 Å². The van der Waals surface area contributed by atoms with Crippen LogP contribution in [0.15, 0.2) is 66.0 Å². The van der Waals surface area contributed by atoms with Gasteiger partial charge in [0.2, 0.25) is 0 Å². The van der Waals surface area contributed by atoms with E-state index in [0.717, 1.165) is 27.4 Å². The molecular formula is C22H18FN3OS. The van der Waals surface area contributed by atoms with Crippen LogP contribution >= 0.6 is 11.3 Å². The summed E-state index contributed by atoms with van der Waals surface area (Å²) in [6.45, 7) is 4.02. The van der Waals surface area contributed by atoms with Crippen LogP contribution in [0.3, 0.4) is 0 Å². The van der Waals surface area contributed by atoms with Crippen molar-refractivity contribution in [3.05, 3.63) is 88.7 Å². The Bertz CT molecular complexity index is 1130. The Balaban J connectivity index is 1.78. The number of amides is 1. The monoisotopic (exact) mass is 391 g/mol. The molecule has 2 aromatic carbocycles. The summed E-state index contributed by atoms with van der Waals surface area (Å²) < 4.78 is 14.8. The van der Waals surface area contributed by atoms with Crippen LogP contribution in [0.1, 0.15) is 21.6 Å². The standard InChI is InChI=1S/C22H18FN3OS/c1-14-5-10-19(15(2)12-14)26-20(13-18(25-26)21-4-3-11-28-21)22(27)24-17-8-6-16(23)7-9-17/h3-13H,1-2H3,(H,24,27). The highest BCUT2D eigenvalue weighted by atomic mass is 32.1. The Hall–Kier alpha value is -3.25. The maximum atomic E-state index is 13.1. The van der Waals surface area contributed by atoms with E-state index in [4.69, 9.17) is 5.10 Å². The molecule has 0 aliphatic rings. The average Bonchev–Trinajstić information content (AvgIpc) is 3.33. The molecule has 1 N–H and O–H groups in total. The van der Waals surface area contributed by atoms with Gasteiger partial charge in [-0.1, -0.05) is 23.8 Å². The fourth-order valence-corrected chi connectivity index (χ4v) is 3.72. The minimum Gasteiger partial charge on any atom is -0.321 e. The fraction of sp³-hybridized carbons (Fsp3) is 0.0909. The molecule has 4 rings (SSSR count). The number of rotatable bonds is 4. The molecule has 0 bridgehead atoms.